The number of aryl methyl sites for hydroxylation is 1. The fourth-order valence-electron chi connectivity index (χ4n) is 2.01. The van der Waals surface area contributed by atoms with Gasteiger partial charge in [0, 0.05) is 24.8 Å². The lowest BCUT2D eigenvalue weighted by atomic mass is 10.1. The monoisotopic (exact) mass is 290 g/mol. The van der Waals surface area contributed by atoms with E-state index in [0.29, 0.717) is 11.3 Å². The maximum absolute atomic E-state index is 13.5. The van der Waals surface area contributed by atoms with Crippen LogP contribution in [0.3, 0.4) is 0 Å². The molecule has 110 valence electrons. The van der Waals surface area contributed by atoms with Crippen molar-refractivity contribution in [3.8, 4) is 0 Å². The van der Waals surface area contributed by atoms with Crippen LogP contribution in [0.15, 0.2) is 36.4 Å². The van der Waals surface area contributed by atoms with E-state index in [0.717, 1.165) is 23.8 Å². The lowest BCUT2D eigenvalue weighted by molar-refractivity contribution is 0.0951. The highest BCUT2D eigenvalue weighted by Gasteiger charge is 2.12. The molecule has 3 nitrogen and oxygen atoms in total. The maximum Gasteiger partial charge on any atom is 0.253 e. The first-order valence-corrected chi connectivity index (χ1v) is 6.52. The third-order valence-corrected chi connectivity index (χ3v) is 3.14. The first kappa shape index (κ1) is 15.0. The van der Waals surface area contributed by atoms with E-state index >= 15 is 0 Å². The standard InChI is InChI=1S/C16H16F2N2O/c1-10-3-5-13(15(7-10)19-2)16(21)20-9-11-8-12(17)4-6-14(11)18/h3-8,19H,9H2,1-2H3,(H,20,21). The van der Waals surface area contributed by atoms with Gasteiger partial charge in [-0.05, 0) is 42.8 Å². The van der Waals surface area contributed by atoms with Gasteiger partial charge in [-0.3, -0.25) is 4.79 Å². The van der Waals surface area contributed by atoms with Crippen LogP contribution in [-0.2, 0) is 6.54 Å². The van der Waals surface area contributed by atoms with Crippen molar-refractivity contribution in [1.29, 1.82) is 0 Å². The quantitative estimate of drug-likeness (QED) is 0.907. The van der Waals surface area contributed by atoms with Crippen molar-refractivity contribution in [3.63, 3.8) is 0 Å². The Morgan fingerprint density at radius 2 is 1.90 bits per heavy atom. The Balaban J connectivity index is 2.13. The summed E-state index contributed by atoms with van der Waals surface area (Å²) >= 11 is 0. The highest BCUT2D eigenvalue weighted by molar-refractivity contribution is 5.99. The van der Waals surface area contributed by atoms with Crippen LogP contribution < -0.4 is 10.6 Å². The zero-order chi connectivity index (χ0) is 15.4. The van der Waals surface area contributed by atoms with E-state index in [9.17, 15) is 13.6 Å². The minimum absolute atomic E-state index is 0.0700. The molecule has 5 heteroatoms. The van der Waals surface area contributed by atoms with Crippen molar-refractivity contribution in [1.82, 2.24) is 5.32 Å². The van der Waals surface area contributed by atoms with E-state index in [1.807, 2.05) is 19.1 Å². The molecule has 0 aliphatic carbocycles. The van der Waals surface area contributed by atoms with Crippen molar-refractivity contribution in [2.24, 2.45) is 0 Å². The topological polar surface area (TPSA) is 41.1 Å². The summed E-state index contributed by atoms with van der Waals surface area (Å²) in [5.41, 5.74) is 2.28. The van der Waals surface area contributed by atoms with Gasteiger partial charge >= 0.3 is 0 Å². The summed E-state index contributed by atoms with van der Waals surface area (Å²) in [5, 5.41) is 5.53. The van der Waals surface area contributed by atoms with Crippen molar-refractivity contribution < 1.29 is 13.6 Å². The third-order valence-electron chi connectivity index (χ3n) is 3.14. The van der Waals surface area contributed by atoms with Gasteiger partial charge in [0.05, 0.1) is 5.56 Å². The number of carbonyl (C=O) groups is 1. The summed E-state index contributed by atoms with van der Waals surface area (Å²) < 4.78 is 26.6. The summed E-state index contributed by atoms with van der Waals surface area (Å²) in [4.78, 5) is 12.1. The number of anilines is 1. The molecule has 0 aliphatic rings. The minimum Gasteiger partial charge on any atom is -0.387 e. The number of hydrogen-bond acceptors (Lipinski definition) is 2. The van der Waals surface area contributed by atoms with E-state index < -0.39 is 11.6 Å². The van der Waals surface area contributed by atoms with Gasteiger partial charge in [-0.25, -0.2) is 8.78 Å². The normalized spacial score (nSPS) is 10.3. The molecule has 21 heavy (non-hydrogen) atoms. The Labute approximate surface area is 122 Å². The Morgan fingerprint density at radius 3 is 2.62 bits per heavy atom. The first-order chi connectivity index (χ1) is 10.0. The van der Waals surface area contributed by atoms with Crippen LogP contribution >= 0.6 is 0 Å². The second-order valence-electron chi connectivity index (χ2n) is 4.72. The number of carbonyl (C=O) groups excluding carboxylic acids is 1. The lowest BCUT2D eigenvalue weighted by Gasteiger charge is -2.11. The molecule has 0 atom stereocenters. The molecule has 0 fully saturated rings. The van der Waals surface area contributed by atoms with Crippen LogP contribution in [0.5, 0.6) is 0 Å². The molecule has 0 unspecified atom stereocenters. The largest absolute Gasteiger partial charge is 0.387 e. The molecular formula is C16H16F2N2O. The van der Waals surface area contributed by atoms with Crippen LogP contribution in [0.2, 0.25) is 0 Å². The summed E-state index contributed by atoms with van der Waals surface area (Å²) in [7, 11) is 1.72. The second kappa shape index (κ2) is 6.35. The van der Waals surface area contributed by atoms with Gasteiger partial charge in [-0.1, -0.05) is 6.07 Å². The molecule has 0 saturated carbocycles. The molecule has 2 rings (SSSR count). The Kier molecular flexibility index (Phi) is 4.52. The molecule has 0 saturated heterocycles. The molecular weight excluding hydrogens is 274 g/mol. The van der Waals surface area contributed by atoms with E-state index in [2.05, 4.69) is 10.6 Å². The lowest BCUT2D eigenvalue weighted by Crippen LogP contribution is -2.24. The highest BCUT2D eigenvalue weighted by atomic mass is 19.1. The van der Waals surface area contributed by atoms with Gasteiger partial charge in [0.25, 0.3) is 5.91 Å². The molecule has 0 spiro atoms. The van der Waals surface area contributed by atoms with Gasteiger partial charge in [0.2, 0.25) is 0 Å². The number of rotatable bonds is 4. The second-order valence-corrected chi connectivity index (χ2v) is 4.72. The van der Waals surface area contributed by atoms with Crippen LogP contribution in [0, 0.1) is 18.6 Å². The number of benzene rings is 2. The SMILES string of the molecule is CNc1cc(C)ccc1C(=O)NCc1cc(F)ccc1F. The van der Waals surface area contributed by atoms with Crippen LogP contribution in [-0.4, -0.2) is 13.0 Å². The van der Waals surface area contributed by atoms with Crippen LogP contribution in [0.25, 0.3) is 0 Å². The molecule has 0 heterocycles. The zero-order valence-corrected chi connectivity index (χ0v) is 11.8. The summed E-state index contributed by atoms with van der Waals surface area (Å²) in [6.45, 7) is 1.85. The van der Waals surface area contributed by atoms with E-state index in [4.69, 9.17) is 0 Å². The average molecular weight is 290 g/mol. The fraction of sp³-hybridized carbons (Fsp3) is 0.188. The van der Waals surface area contributed by atoms with Gasteiger partial charge in [0.15, 0.2) is 0 Å². The van der Waals surface area contributed by atoms with E-state index in [1.54, 1.807) is 13.1 Å². The summed E-state index contributed by atoms with van der Waals surface area (Å²) in [6.07, 6.45) is 0. The number of amides is 1. The number of halogens is 2. The van der Waals surface area contributed by atoms with Crippen LogP contribution in [0.4, 0.5) is 14.5 Å². The van der Waals surface area contributed by atoms with Gasteiger partial charge in [-0.15, -0.1) is 0 Å². The Hall–Kier alpha value is -2.43. The summed E-state index contributed by atoms with van der Waals surface area (Å²) in [6, 6.07) is 8.51. The molecule has 0 radical (unpaired) electrons. The minimum atomic E-state index is -0.547. The average Bonchev–Trinajstić information content (AvgIpc) is 2.47. The third kappa shape index (κ3) is 3.56. The van der Waals surface area contributed by atoms with Gasteiger partial charge < -0.3 is 10.6 Å². The van der Waals surface area contributed by atoms with Crippen molar-refractivity contribution in [2.45, 2.75) is 13.5 Å². The molecule has 0 aliphatic heterocycles. The van der Waals surface area contributed by atoms with Gasteiger partial charge in [-0.2, -0.15) is 0 Å². The predicted molar refractivity (Wildman–Crippen MR) is 78.3 cm³/mol. The predicted octanol–water partition coefficient (Wildman–Crippen LogP) is 3.24. The molecule has 2 aromatic carbocycles. The van der Waals surface area contributed by atoms with E-state index in [1.165, 1.54) is 0 Å². The maximum atomic E-state index is 13.5. The Bertz CT molecular complexity index is 671. The van der Waals surface area contributed by atoms with E-state index in [-0.39, 0.29) is 18.0 Å². The van der Waals surface area contributed by atoms with Crippen molar-refractivity contribution in [2.75, 3.05) is 12.4 Å². The Morgan fingerprint density at radius 1 is 1.14 bits per heavy atom. The number of hydrogen-bond donors (Lipinski definition) is 2. The first-order valence-electron chi connectivity index (χ1n) is 6.52. The molecule has 1 amide bonds. The molecule has 2 N–H and O–H groups in total. The van der Waals surface area contributed by atoms with Crippen LogP contribution in [0.1, 0.15) is 21.5 Å². The smallest absolute Gasteiger partial charge is 0.253 e. The highest BCUT2D eigenvalue weighted by Crippen LogP contribution is 2.17. The molecule has 0 aromatic heterocycles. The fourth-order valence-corrected chi connectivity index (χ4v) is 2.01. The van der Waals surface area contributed by atoms with Crippen molar-refractivity contribution in [3.05, 3.63) is 64.7 Å². The van der Waals surface area contributed by atoms with Crippen molar-refractivity contribution >= 4 is 11.6 Å². The summed E-state index contributed by atoms with van der Waals surface area (Å²) in [5.74, 6) is -1.43. The molecule has 2 aromatic rings. The van der Waals surface area contributed by atoms with Gasteiger partial charge in [0.1, 0.15) is 11.6 Å². The zero-order valence-electron chi connectivity index (χ0n) is 11.8. The number of nitrogens with one attached hydrogen (secondary N) is 2. The molecule has 0 bridgehead atoms.